The average molecular weight is 269 g/mol. The lowest BCUT2D eigenvalue weighted by atomic mass is 10.1. The quantitative estimate of drug-likeness (QED) is 0.763. The van der Waals surface area contributed by atoms with Gasteiger partial charge in [-0.1, -0.05) is 42.5 Å². The zero-order chi connectivity index (χ0) is 14.2. The van der Waals surface area contributed by atoms with Crippen LogP contribution in [-0.2, 0) is 12.8 Å². The van der Waals surface area contributed by atoms with E-state index in [0.29, 0.717) is 0 Å². The molecule has 0 heterocycles. The molecule has 0 bridgehead atoms. The number of likely N-dealkylation sites (N-methyl/N-ethyl adjacent to an activating group) is 1. The van der Waals surface area contributed by atoms with Gasteiger partial charge in [0, 0.05) is 13.1 Å². The van der Waals surface area contributed by atoms with E-state index in [9.17, 15) is 0 Å². The van der Waals surface area contributed by atoms with Crippen LogP contribution in [0.3, 0.4) is 0 Å². The molecule has 0 saturated carbocycles. The summed E-state index contributed by atoms with van der Waals surface area (Å²) in [7, 11) is 3.89. The Hall–Kier alpha value is -1.80. The Morgan fingerprint density at radius 2 is 1.35 bits per heavy atom. The van der Waals surface area contributed by atoms with Crippen LogP contribution in [0.1, 0.15) is 11.1 Å². The number of methoxy groups -OCH3 is 1. The molecular weight excluding hydrogens is 246 g/mol. The summed E-state index contributed by atoms with van der Waals surface area (Å²) in [4.78, 5) is 2.39. The third-order valence-electron chi connectivity index (χ3n) is 3.57. The summed E-state index contributed by atoms with van der Waals surface area (Å²) in [6.07, 6.45) is 2.19. The van der Waals surface area contributed by atoms with Crippen LogP contribution in [0.2, 0.25) is 0 Å². The Bertz CT molecular complexity index is 493. The summed E-state index contributed by atoms with van der Waals surface area (Å²) in [5, 5.41) is 0. The number of benzene rings is 2. The number of hydrogen-bond acceptors (Lipinski definition) is 2. The molecule has 0 fully saturated rings. The van der Waals surface area contributed by atoms with Crippen molar-refractivity contribution in [2.75, 3.05) is 27.2 Å². The van der Waals surface area contributed by atoms with Gasteiger partial charge in [-0.3, -0.25) is 0 Å². The molecule has 20 heavy (non-hydrogen) atoms. The lowest BCUT2D eigenvalue weighted by molar-refractivity contribution is 0.343. The summed E-state index contributed by atoms with van der Waals surface area (Å²) < 4.78 is 5.17. The molecule has 0 atom stereocenters. The molecule has 0 aliphatic heterocycles. The van der Waals surface area contributed by atoms with Crippen LogP contribution in [0.15, 0.2) is 54.6 Å². The monoisotopic (exact) mass is 269 g/mol. The Balaban J connectivity index is 1.73. The maximum absolute atomic E-state index is 5.17. The number of rotatable bonds is 7. The van der Waals surface area contributed by atoms with Crippen LogP contribution < -0.4 is 4.74 Å². The van der Waals surface area contributed by atoms with Crippen molar-refractivity contribution in [1.29, 1.82) is 0 Å². The van der Waals surface area contributed by atoms with Crippen molar-refractivity contribution in [3.05, 3.63) is 65.7 Å². The van der Waals surface area contributed by atoms with Crippen LogP contribution in [-0.4, -0.2) is 32.1 Å². The third kappa shape index (κ3) is 4.71. The van der Waals surface area contributed by atoms with E-state index in [0.717, 1.165) is 31.7 Å². The summed E-state index contributed by atoms with van der Waals surface area (Å²) in [6.45, 7) is 2.18. The Morgan fingerprint density at radius 1 is 0.800 bits per heavy atom. The molecule has 2 aromatic carbocycles. The Labute approximate surface area is 122 Å². The molecule has 2 aromatic rings. The summed E-state index contributed by atoms with van der Waals surface area (Å²) >= 11 is 0. The Morgan fingerprint density at radius 3 is 1.90 bits per heavy atom. The van der Waals surface area contributed by atoms with Gasteiger partial charge in [0.2, 0.25) is 0 Å². The smallest absolute Gasteiger partial charge is 0.118 e. The molecule has 0 aromatic heterocycles. The largest absolute Gasteiger partial charge is 0.497 e. The maximum atomic E-state index is 5.17. The molecule has 106 valence electrons. The van der Waals surface area contributed by atoms with Gasteiger partial charge in [-0.25, -0.2) is 0 Å². The highest BCUT2D eigenvalue weighted by molar-refractivity contribution is 5.27. The van der Waals surface area contributed by atoms with Gasteiger partial charge in [-0.2, -0.15) is 0 Å². The zero-order valence-electron chi connectivity index (χ0n) is 12.4. The van der Waals surface area contributed by atoms with Crippen LogP contribution >= 0.6 is 0 Å². The second-order valence-electron chi connectivity index (χ2n) is 5.14. The Kier molecular flexibility index (Phi) is 5.63. The number of hydrogen-bond donors (Lipinski definition) is 0. The van der Waals surface area contributed by atoms with Gasteiger partial charge < -0.3 is 9.64 Å². The molecule has 2 rings (SSSR count). The van der Waals surface area contributed by atoms with Crippen LogP contribution in [0.25, 0.3) is 0 Å². The van der Waals surface area contributed by atoms with E-state index in [2.05, 4.69) is 54.4 Å². The second kappa shape index (κ2) is 7.71. The van der Waals surface area contributed by atoms with Gasteiger partial charge in [0.25, 0.3) is 0 Å². The number of ether oxygens (including phenoxy) is 1. The highest BCUT2D eigenvalue weighted by Crippen LogP contribution is 2.12. The first-order valence-corrected chi connectivity index (χ1v) is 7.13. The van der Waals surface area contributed by atoms with Crippen molar-refractivity contribution < 1.29 is 4.74 Å². The summed E-state index contributed by atoms with van der Waals surface area (Å²) in [5.41, 5.74) is 2.76. The minimum atomic E-state index is 0.922. The topological polar surface area (TPSA) is 12.5 Å². The van der Waals surface area contributed by atoms with Gasteiger partial charge in [0.1, 0.15) is 5.75 Å². The first-order chi connectivity index (χ1) is 9.78. The molecule has 0 amide bonds. The molecule has 0 aliphatic rings. The van der Waals surface area contributed by atoms with Crippen LogP contribution in [0.5, 0.6) is 5.75 Å². The third-order valence-corrected chi connectivity index (χ3v) is 3.57. The van der Waals surface area contributed by atoms with Crippen LogP contribution in [0, 0.1) is 0 Å². The first-order valence-electron chi connectivity index (χ1n) is 7.13. The highest BCUT2D eigenvalue weighted by Gasteiger charge is 2.01. The van der Waals surface area contributed by atoms with E-state index < -0.39 is 0 Å². The van der Waals surface area contributed by atoms with E-state index in [4.69, 9.17) is 4.74 Å². The predicted molar refractivity (Wildman–Crippen MR) is 84.3 cm³/mol. The predicted octanol–water partition coefficient (Wildman–Crippen LogP) is 3.41. The normalized spacial score (nSPS) is 10.8. The summed E-state index contributed by atoms with van der Waals surface area (Å²) in [6, 6.07) is 19.0. The minimum Gasteiger partial charge on any atom is -0.497 e. The van der Waals surface area contributed by atoms with Gasteiger partial charge in [-0.15, -0.1) is 0 Å². The number of nitrogens with zero attached hydrogens (tertiary/aromatic N) is 1. The van der Waals surface area contributed by atoms with E-state index >= 15 is 0 Å². The molecule has 0 spiro atoms. The van der Waals surface area contributed by atoms with E-state index in [1.165, 1.54) is 11.1 Å². The SMILES string of the molecule is COc1ccc(CCN(C)CCc2ccccc2)cc1. The molecule has 2 nitrogen and oxygen atoms in total. The lowest BCUT2D eigenvalue weighted by Crippen LogP contribution is -2.23. The van der Waals surface area contributed by atoms with E-state index in [1.54, 1.807) is 7.11 Å². The van der Waals surface area contributed by atoms with E-state index in [-0.39, 0.29) is 0 Å². The van der Waals surface area contributed by atoms with Gasteiger partial charge in [0.05, 0.1) is 7.11 Å². The molecule has 0 saturated heterocycles. The average Bonchev–Trinajstić information content (AvgIpc) is 2.52. The molecule has 2 heteroatoms. The van der Waals surface area contributed by atoms with Crippen molar-refractivity contribution in [2.24, 2.45) is 0 Å². The van der Waals surface area contributed by atoms with Crippen molar-refractivity contribution in [2.45, 2.75) is 12.8 Å². The fourth-order valence-electron chi connectivity index (χ4n) is 2.19. The second-order valence-corrected chi connectivity index (χ2v) is 5.14. The molecule has 0 unspecified atom stereocenters. The minimum absolute atomic E-state index is 0.922. The van der Waals surface area contributed by atoms with Crippen molar-refractivity contribution in [1.82, 2.24) is 4.90 Å². The lowest BCUT2D eigenvalue weighted by Gasteiger charge is -2.16. The van der Waals surface area contributed by atoms with Gasteiger partial charge in [-0.05, 0) is 43.1 Å². The van der Waals surface area contributed by atoms with E-state index in [1.807, 2.05) is 12.1 Å². The maximum Gasteiger partial charge on any atom is 0.118 e. The molecule has 0 N–H and O–H groups in total. The molecule has 0 radical (unpaired) electrons. The van der Waals surface area contributed by atoms with Crippen LogP contribution in [0.4, 0.5) is 0 Å². The molecule has 0 aliphatic carbocycles. The van der Waals surface area contributed by atoms with Crippen molar-refractivity contribution in [3.63, 3.8) is 0 Å². The zero-order valence-corrected chi connectivity index (χ0v) is 12.4. The van der Waals surface area contributed by atoms with Crippen molar-refractivity contribution >= 4 is 0 Å². The molecular formula is C18H23NO. The fourth-order valence-corrected chi connectivity index (χ4v) is 2.19. The first kappa shape index (κ1) is 14.6. The summed E-state index contributed by atoms with van der Waals surface area (Å²) in [5.74, 6) is 0.922. The van der Waals surface area contributed by atoms with Gasteiger partial charge >= 0.3 is 0 Å². The fraction of sp³-hybridized carbons (Fsp3) is 0.333. The standard InChI is InChI=1S/C18H23NO/c1-19(14-12-16-6-4-3-5-7-16)15-13-17-8-10-18(20-2)11-9-17/h3-11H,12-15H2,1-2H3. The van der Waals surface area contributed by atoms with Gasteiger partial charge in [0.15, 0.2) is 0 Å². The van der Waals surface area contributed by atoms with Crippen molar-refractivity contribution in [3.8, 4) is 5.75 Å². The highest BCUT2D eigenvalue weighted by atomic mass is 16.5.